The molecule has 1 heterocycles. The molecule has 2 nitrogen and oxygen atoms in total. The van der Waals surface area contributed by atoms with Crippen LogP contribution in [0.15, 0.2) is 17.5 Å². The molecule has 0 amide bonds. The molecule has 9 heavy (non-hydrogen) atoms. The molecule has 1 aromatic heterocycles. The summed E-state index contributed by atoms with van der Waals surface area (Å²) in [5.74, 6) is 0. The zero-order chi connectivity index (χ0) is 6.69. The third-order valence-electron chi connectivity index (χ3n) is 1.15. The Labute approximate surface area is 57.9 Å². The maximum atomic E-state index is 9.17. The highest BCUT2D eigenvalue weighted by Crippen LogP contribution is 2.16. The van der Waals surface area contributed by atoms with Gasteiger partial charge in [-0.1, -0.05) is 6.07 Å². The molecule has 1 atom stereocenters. The lowest BCUT2D eigenvalue weighted by Crippen LogP contribution is -2.52. The second kappa shape index (κ2) is 2.96. The number of rotatable bonds is 2. The van der Waals surface area contributed by atoms with Gasteiger partial charge in [-0.05, 0) is 11.4 Å². The predicted molar refractivity (Wildman–Crippen MR) is 37.0 cm³/mol. The molecule has 0 aliphatic rings. The van der Waals surface area contributed by atoms with Crippen LogP contribution in [0.25, 0.3) is 0 Å². The lowest BCUT2D eigenvalue weighted by atomic mass is 10.3. The van der Waals surface area contributed by atoms with Crippen LogP contribution in [0, 0.1) is 0 Å². The number of aliphatic hydroxyl groups is 1. The van der Waals surface area contributed by atoms with Crippen molar-refractivity contribution in [2.45, 2.75) is 6.10 Å². The second-order valence-electron chi connectivity index (χ2n) is 1.82. The van der Waals surface area contributed by atoms with Gasteiger partial charge < -0.3 is 10.8 Å². The molecule has 4 N–H and O–H groups in total. The summed E-state index contributed by atoms with van der Waals surface area (Å²) in [4.78, 5) is 1.00. The van der Waals surface area contributed by atoms with Crippen LogP contribution in [0.3, 0.4) is 0 Å². The van der Waals surface area contributed by atoms with Crippen molar-refractivity contribution in [3.8, 4) is 0 Å². The molecule has 1 rings (SSSR count). The highest BCUT2D eigenvalue weighted by Gasteiger charge is 2.05. The standard InChI is InChI=1S/C6H9NOS/c7-4-5(8)6-2-1-3-9-6/h1-3,5,8H,4,7H2/p+1/t5-/m0/s1. The van der Waals surface area contributed by atoms with E-state index in [4.69, 9.17) is 5.11 Å². The molecule has 0 saturated carbocycles. The molecule has 0 radical (unpaired) electrons. The molecule has 0 aliphatic heterocycles. The maximum Gasteiger partial charge on any atom is 0.137 e. The van der Waals surface area contributed by atoms with Crippen molar-refractivity contribution in [3.63, 3.8) is 0 Å². The Morgan fingerprint density at radius 1 is 1.78 bits per heavy atom. The molecule has 0 saturated heterocycles. The zero-order valence-electron chi connectivity index (χ0n) is 5.08. The van der Waals surface area contributed by atoms with Crippen molar-refractivity contribution in [3.05, 3.63) is 22.4 Å². The van der Waals surface area contributed by atoms with E-state index in [1.165, 1.54) is 0 Å². The minimum atomic E-state index is -0.356. The number of hydrogen-bond donors (Lipinski definition) is 2. The van der Waals surface area contributed by atoms with Gasteiger partial charge in [0, 0.05) is 4.88 Å². The Morgan fingerprint density at radius 2 is 2.56 bits per heavy atom. The summed E-state index contributed by atoms with van der Waals surface area (Å²) in [5, 5.41) is 11.1. The van der Waals surface area contributed by atoms with Gasteiger partial charge in [0.2, 0.25) is 0 Å². The van der Waals surface area contributed by atoms with Crippen LogP contribution in [0.1, 0.15) is 11.0 Å². The fraction of sp³-hybridized carbons (Fsp3) is 0.333. The Bertz CT molecular complexity index is 162. The van der Waals surface area contributed by atoms with Gasteiger partial charge in [-0.15, -0.1) is 11.3 Å². The lowest BCUT2D eigenvalue weighted by molar-refractivity contribution is -0.384. The fourth-order valence-corrected chi connectivity index (χ4v) is 1.37. The van der Waals surface area contributed by atoms with Gasteiger partial charge in [0.1, 0.15) is 12.6 Å². The van der Waals surface area contributed by atoms with Crippen molar-refractivity contribution in [2.24, 2.45) is 0 Å². The first-order chi connectivity index (χ1) is 4.34. The van der Waals surface area contributed by atoms with E-state index < -0.39 is 0 Å². The van der Waals surface area contributed by atoms with E-state index in [1.807, 2.05) is 17.5 Å². The van der Waals surface area contributed by atoms with Crippen LogP contribution in [0.2, 0.25) is 0 Å². The predicted octanol–water partition coefficient (Wildman–Crippen LogP) is 0.0234. The molecule has 0 aromatic carbocycles. The van der Waals surface area contributed by atoms with E-state index in [0.717, 1.165) is 4.88 Å². The van der Waals surface area contributed by atoms with Gasteiger partial charge in [-0.2, -0.15) is 0 Å². The van der Waals surface area contributed by atoms with E-state index in [0.29, 0.717) is 6.54 Å². The van der Waals surface area contributed by atoms with Crippen LogP contribution in [-0.2, 0) is 0 Å². The first-order valence-corrected chi connectivity index (χ1v) is 3.73. The monoisotopic (exact) mass is 144 g/mol. The average molecular weight is 144 g/mol. The van der Waals surface area contributed by atoms with Gasteiger partial charge in [-0.25, -0.2) is 0 Å². The SMILES string of the molecule is [NH3+]C[C@H](O)c1cccs1. The van der Waals surface area contributed by atoms with Crippen molar-refractivity contribution in [2.75, 3.05) is 6.54 Å². The Hall–Kier alpha value is -0.380. The van der Waals surface area contributed by atoms with Crippen molar-refractivity contribution in [1.29, 1.82) is 0 Å². The molecule has 0 aliphatic carbocycles. The smallest absolute Gasteiger partial charge is 0.137 e. The summed E-state index contributed by atoms with van der Waals surface area (Å²) >= 11 is 1.57. The number of quaternary nitrogens is 1. The lowest BCUT2D eigenvalue weighted by Gasteiger charge is -1.98. The topological polar surface area (TPSA) is 47.9 Å². The van der Waals surface area contributed by atoms with Gasteiger partial charge >= 0.3 is 0 Å². The van der Waals surface area contributed by atoms with Gasteiger partial charge in [0.05, 0.1) is 0 Å². The van der Waals surface area contributed by atoms with E-state index in [2.05, 4.69) is 5.73 Å². The summed E-state index contributed by atoms with van der Waals surface area (Å²) in [5.41, 5.74) is 3.60. The van der Waals surface area contributed by atoms with Crippen LogP contribution in [0.5, 0.6) is 0 Å². The van der Waals surface area contributed by atoms with E-state index >= 15 is 0 Å². The van der Waals surface area contributed by atoms with Crippen molar-refractivity contribution in [1.82, 2.24) is 0 Å². The largest absolute Gasteiger partial charge is 0.382 e. The normalized spacial score (nSPS) is 13.6. The Kier molecular flexibility index (Phi) is 2.22. The van der Waals surface area contributed by atoms with Crippen LogP contribution < -0.4 is 5.73 Å². The summed E-state index contributed by atoms with van der Waals surface area (Å²) in [6.45, 7) is 0.556. The molecule has 0 unspecified atom stereocenters. The molecular formula is C6H10NOS+. The Morgan fingerprint density at radius 3 is 3.00 bits per heavy atom. The van der Waals surface area contributed by atoms with Crippen LogP contribution in [-0.4, -0.2) is 11.7 Å². The molecule has 0 spiro atoms. The van der Waals surface area contributed by atoms with E-state index in [1.54, 1.807) is 11.3 Å². The highest BCUT2D eigenvalue weighted by atomic mass is 32.1. The average Bonchev–Trinajstić information content (AvgIpc) is 2.37. The molecule has 3 heteroatoms. The quantitative estimate of drug-likeness (QED) is 0.604. The highest BCUT2D eigenvalue weighted by molar-refractivity contribution is 7.10. The van der Waals surface area contributed by atoms with Crippen LogP contribution in [0.4, 0.5) is 0 Å². The third kappa shape index (κ3) is 1.51. The number of thiophene rings is 1. The molecule has 50 valence electrons. The summed E-state index contributed by atoms with van der Waals surface area (Å²) in [6, 6.07) is 3.85. The second-order valence-corrected chi connectivity index (χ2v) is 2.80. The maximum absolute atomic E-state index is 9.17. The minimum absolute atomic E-state index is 0.356. The summed E-state index contributed by atoms with van der Waals surface area (Å²) in [6.07, 6.45) is -0.356. The third-order valence-corrected chi connectivity index (χ3v) is 2.12. The molecule has 0 fully saturated rings. The Balaban J connectivity index is 2.65. The summed E-state index contributed by atoms with van der Waals surface area (Å²) < 4.78 is 0. The van der Waals surface area contributed by atoms with Crippen molar-refractivity contribution >= 4 is 11.3 Å². The molecular weight excluding hydrogens is 134 g/mol. The van der Waals surface area contributed by atoms with Gasteiger partial charge in [0.15, 0.2) is 0 Å². The first-order valence-electron chi connectivity index (χ1n) is 2.85. The first kappa shape index (κ1) is 6.74. The molecule has 1 aromatic rings. The molecule has 0 bridgehead atoms. The zero-order valence-corrected chi connectivity index (χ0v) is 5.90. The number of aliphatic hydroxyl groups excluding tert-OH is 1. The summed E-state index contributed by atoms with van der Waals surface area (Å²) in [7, 11) is 0. The van der Waals surface area contributed by atoms with Gasteiger partial charge in [0.25, 0.3) is 0 Å². The number of hydrogen-bond acceptors (Lipinski definition) is 2. The van der Waals surface area contributed by atoms with Crippen molar-refractivity contribution < 1.29 is 10.8 Å². The minimum Gasteiger partial charge on any atom is -0.382 e. The fourth-order valence-electron chi connectivity index (χ4n) is 0.623. The van der Waals surface area contributed by atoms with Gasteiger partial charge in [-0.3, -0.25) is 0 Å². The van der Waals surface area contributed by atoms with Crippen LogP contribution >= 0.6 is 11.3 Å². The van der Waals surface area contributed by atoms with E-state index in [-0.39, 0.29) is 6.10 Å². The van der Waals surface area contributed by atoms with E-state index in [9.17, 15) is 0 Å².